The molecule has 0 amide bonds. The van der Waals surface area contributed by atoms with E-state index in [4.69, 9.17) is 9.47 Å². The summed E-state index contributed by atoms with van der Waals surface area (Å²) < 4.78 is 11.0. The number of halogens is 1. The first-order chi connectivity index (χ1) is 12.7. The van der Waals surface area contributed by atoms with E-state index in [1.165, 1.54) is 24.2 Å². The lowest BCUT2D eigenvalue weighted by molar-refractivity contribution is 0.310. The summed E-state index contributed by atoms with van der Waals surface area (Å²) in [6.45, 7) is 7.37. The molecule has 2 N–H and O–H groups in total. The summed E-state index contributed by atoms with van der Waals surface area (Å²) in [5, 5.41) is 6.72. The van der Waals surface area contributed by atoms with Gasteiger partial charge in [-0.3, -0.25) is 4.99 Å². The molecular weight excluding hydrogens is 473 g/mol. The van der Waals surface area contributed by atoms with Gasteiger partial charge >= 0.3 is 0 Å². The lowest BCUT2D eigenvalue weighted by Gasteiger charge is -2.12. The van der Waals surface area contributed by atoms with Crippen LogP contribution in [0.3, 0.4) is 0 Å². The first-order valence-corrected chi connectivity index (χ1v) is 10.9. The molecule has 5 nitrogen and oxygen atoms in total. The second-order valence-corrected chi connectivity index (χ2v) is 6.89. The monoisotopic (exact) mass is 509 g/mol. The van der Waals surface area contributed by atoms with E-state index in [-0.39, 0.29) is 24.0 Å². The summed E-state index contributed by atoms with van der Waals surface area (Å²) in [6, 6.07) is 6.14. The number of aryl methyl sites for hydroxylation is 1. The van der Waals surface area contributed by atoms with Crippen molar-refractivity contribution >= 4 is 41.7 Å². The van der Waals surface area contributed by atoms with E-state index in [9.17, 15) is 0 Å². The number of thioether (sulfide) groups is 1. The quantitative estimate of drug-likeness (QED) is 0.179. The van der Waals surface area contributed by atoms with Gasteiger partial charge in [-0.15, -0.1) is 24.0 Å². The van der Waals surface area contributed by atoms with Gasteiger partial charge in [0.25, 0.3) is 0 Å². The number of unbranched alkanes of at least 4 members (excludes halogenated alkanes) is 1. The summed E-state index contributed by atoms with van der Waals surface area (Å²) in [5.74, 6) is 3.74. The lowest BCUT2D eigenvalue weighted by atomic mass is 10.1. The molecule has 0 bridgehead atoms. The third kappa shape index (κ3) is 11.6. The van der Waals surface area contributed by atoms with E-state index in [2.05, 4.69) is 40.9 Å². The summed E-state index contributed by atoms with van der Waals surface area (Å²) in [6.07, 6.45) is 6.55. The third-order valence-corrected chi connectivity index (χ3v) is 4.53. The molecule has 156 valence electrons. The molecule has 1 aromatic carbocycles. The summed E-state index contributed by atoms with van der Waals surface area (Å²) in [5.41, 5.74) is 1.25. The highest BCUT2D eigenvalue weighted by Crippen LogP contribution is 2.28. The number of guanidine groups is 1. The van der Waals surface area contributed by atoms with Crippen LogP contribution in [0.2, 0.25) is 0 Å². The smallest absolute Gasteiger partial charge is 0.191 e. The average molecular weight is 509 g/mol. The van der Waals surface area contributed by atoms with Crippen molar-refractivity contribution in [3.05, 3.63) is 23.8 Å². The number of hydrogen-bond acceptors (Lipinski definition) is 4. The van der Waals surface area contributed by atoms with Crippen LogP contribution < -0.4 is 20.1 Å². The van der Waals surface area contributed by atoms with Crippen LogP contribution in [0.4, 0.5) is 0 Å². The third-order valence-electron chi connectivity index (χ3n) is 3.83. The van der Waals surface area contributed by atoms with E-state index >= 15 is 0 Å². The van der Waals surface area contributed by atoms with Crippen LogP contribution >= 0.6 is 35.7 Å². The van der Waals surface area contributed by atoms with Crippen molar-refractivity contribution in [1.82, 2.24) is 10.6 Å². The molecule has 27 heavy (non-hydrogen) atoms. The predicted octanol–water partition coefficient (Wildman–Crippen LogP) is 4.34. The lowest BCUT2D eigenvalue weighted by Crippen LogP contribution is -2.37. The predicted molar refractivity (Wildman–Crippen MR) is 129 cm³/mol. The van der Waals surface area contributed by atoms with Crippen molar-refractivity contribution in [1.29, 1.82) is 0 Å². The maximum atomic E-state index is 5.64. The summed E-state index contributed by atoms with van der Waals surface area (Å²) >= 11 is 1.90. The van der Waals surface area contributed by atoms with Crippen LogP contribution in [0.5, 0.6) is 11.5 Å². The molecule has 0 heterocycles. The van der Waals surface area contributed by atoms with Gasteiger partial charge < -0.3 is 20.1 Å². The zero-order chi connectivity index (χ0) is 19.0. The Morgan fingerprint density at radius 1 is 1.11 bits per heavy atom. The van der Waals surface area contributed by atoms with Crippen LogP contribution in [-0.2, 0) is 6.42 Å². The van der Waals surface area contributed by atoms with Crippen LogP contribution in [0.1, 0.15) is 38.7 Å². The number of rotatable bonds is 13. The Bertz CT molecular complexity index is 530. The van der Waals surface area contributed by atoms with Gasteiger partial charge in [0.05, 0.1) is 13.7 Å². The molecule has 0 aliphatic rings. The van der Waals surface area contributed by atoms with Gasteiger partial charge in [0.1, 0.15) is 0 Å². The minimum Gasteiger partial charge on any atom is -0.493 e. The number of aliphatic imine (C=N–C) groups is 1. The zero-order valence-electron chi connectivity index (χ0n) is 17.2. The van der Waals surface area contributed by atoms with Crippen LogP contribution in [0, 0.1) is 0 Å². The Balaban J connectivity index is 0.00000676. The molecule has 0 saturated carbocycles. The van der Waals surface area contributed by atoms with Crippen LogP contribution in [0.25, 0.3) is 0 Å². The number of hydrogen-bond donors (Lipinski definition) is 2. The second kappa shape index (κ2) is 17.3. The maximum absolute atomic E-state index is 5.64. The Kier molecular flexibility index (Phi) is 16.7. The Hall–Kier alpha value is -0.830. The number of nitrogens with zero attached hydrogens (tertiary/aromatic N) is 1. The molecule has 0 aliphatic heterocycles. The van der Waals surface area contributed by atoms with Crippen LogP contribution in [0.15, 0.2) is 23.2 Å². The van der Waals surface area contributed by atoms with Gasteiger partial charge in [-0.1, -0.05) is 6.07 Å². The van der Waals surface area contributed by atoms with Gasteiger partial charge in [0, 0.05) is 19.6 Å². The highest BCUT2D eigenvalue weighted by Gasteiger charge is 2.05. The first-order valence-electron chi connectivity index (χ1n) is 9.55. The minimum atomic E-state index is 0. The fourth-order valence-electron chi connectivity index (χ4n) is 2.54. The average Bonchev–Trinajstić information content (AvgIpc) is 2.65. The largest absolute Gasteiger partial charge is 0.493 e. The number of methoxy groups -OCH3 is 1. The molecule has 0 saturated heterocycles. The van der Waals surface area contributed by atoms with E-state index in [0.29, 0.717) is 6.61 Å². The van der Waals surface area contributed by atoms with E-state index < -0.39 is 0 Å². The summed E-state index contributed by atoms with van der Waals surface area (Å²) in [4.78, 5) is 4.67. The molecule has 0 spiro atoms. The number of benzene rings is 1. The molecule has 0 aliphatic carbocycles. The van der Waals surface area contributed by atoms with Gasteiger partial charge in [0.2, 0.25) is 0 Å². The standard InChI is InChI=1S/C20H35N3O2S.HI/c1-5-21-20(22-13-7-8-15-26-4)23-14-9-10-17-11-12-18(24-3)19(16-17)25-6-2;/h11-12,16H,5-10,13-15H2,1-4H3,(H2,21,22,23);1H. The molecule has 1 aromatic rings. The first kappa shape index (κ1) is 26.2. The fourth-order valence-corrected chi connectivity index (χ4v) is 3.03. The van der Waals surface area contributed by atoms with E-state index in [1.807, 2.05) is 24.8 Å². The van der Waals surface area contributed by atoms with Gasteiger partial charge in [0.15, 0.2) is 17.5 Å². The SMILES string of the molecule is CCNC(=NCCCc1ccc(OC)c(OCC)c1)NCCCCSC.I. The van der Waals surface area contributed by atoms with Crippen molar-refractivity contribution in [2.24, 2.45) is 4.99 Å². The number of nitrogens with one attached hydrogen (secondary N) is 2. The van der Waals surface area contributed by atoms with E-state index in [0.717, 1.165) is 49.9 Å². The van der Waals surface area contributed by atoms with Crippen LogP contribution in [-0.4, -0.2) is 51.3 Å². The Morgan fingerprint density at radius 2 is 1.93 bits per heavy atom. The molecule has 0 radical (unpaired) electrons. The maximum Gasteiger partial charge on any atom is 0.191 e. The van der Waals surface area contributed by atoms with Gasteiger partial charge in [-0.05, 0) is 69.2 Å². The van der Waals surface area contributed by atoms with Gasteiger partial charge in [-0.2, -0.15) is 11.8 Å². The van der Waals surface area contributed by atoms with Gasteiger partial charge in [-0.25, -0.2) is 0 Å². The molecule has 7 heteroatoms. The van der Waals surface area contributed by atoms with Crippen molar-refractivity contribution in [3.63, 3.8) is 0 Å². The van der Waals surface area contributed by atoms with Crippen molar-refractivity contribution in [2.75, 3.05) is 45.4 Å². The highest BCUT2D eigenvalue weighted by molar-refractivity contribution is 14.0. The zero-order valence-corrected chi connectivity index (χ0v) is 20.3. The number of ether oxygens (including phenoxy) is 2. The second-order valence-electron chi connectivity index (χ2n) is 5.91. The molecule has 0 aromatic heterocycles. The topological polar surface area (TPSA) is 54.9 Å². The fraction of sp³-hybridized carbons (Fsp3) is 0.650. The normalized spacial score (nSPS) is 10.9. The molecule has 0 fully saturated rings. The molecular formula is C20H36IN3O2S. The minimum absolute atomic E-state index is 0. The highest BCUT2D eigenvalue weighted by atomic mass is 127. The van der Waals surface area contributed by atoms with Crippen molar-refractivity contribution < 1.29 is 9.47 Å². The molecule has 1 rings (SSSR count). The van der Waals surface area contributed by atoms with Crippen molar-refractivity contribution in [3.8, 4) is 11.5 Å². The van der Waals surface area contributed by atoms with E-state index in [1.54, 1.807) is 7.11 Å². The molecule has 0 unspecified atom stereocenters. The van der Waals surface area contributed by atoms with Crippen molar-refractivity contribution in [2.45, 2.75) is 39.5 Å². The summed E-state index contributed by atoms with van der Waals surface area (Å²) in [7, 11) is 1.67. The Morgan fingerprint density at radius 3 is 2.59 bits per heavy atom. The molecule has 0 atom stereocenters. The Labute approximate surface area is 186 Å².